The molecule has 2 nitrogen and oxygen atoms in total. The van der Waals surface area contributed by atoms with Crippen molar-refractivity contribution in [1.82, 2.24) is 0 Å². The van der Waals surface area contributed by atoms with Gasteiger partial charge in [0, 0.05) is 10.0 Å². The van der Waals surface area contributed by atoms with Crippen molar-refractivity contribution in [2.24, 2.45) is 5.73 Å². The molecular weight excluding hydrogens is 266 g/mol. The van der Waals surface area contributed by atoms with Crippen LogP contribution in [0, 0.1) is 0 Å². The van der Waals surface area contributed by atoms with Crippen LogP contribution < -0.4 is 10.5 Å². The first kappa shape index (κ1) is 13.5. The number of halogens is 1. The Labute approximate surface area is 106 Å². The normalized spacial score (nSPS) is 11.5. The fraction of sp³-hybridized carbons (Fsp3) is 0.538. The fourth-order valence-corrected chi connectivity index (χ4v) is 1.91. The summed E-state index contributed by atoms with van der Waals surface area (Å²) in [6.07, 6.45) is 2.88. The molecule has 0 aliphatic carbocycles. The molecule has 0 aliphatic rings. The lowest BCUT2D eigenvalue weighted by Crippen LogP contribution is -2.39. The van der Waals surface area contributed by atoms with Crippen molar-refractivity contribution in [1.29, 1.82) is 0 Å². The molecule has 1 rings (SSSR count). The Morgan fingerprint density at radius 1 is 1.31 bits per heavy atom. The first-order valence-electron chi connectivity index (χ1n) is 5.77. The van der Waals surface area contributed by atoms with Crippen LogP contribution in [0.3, 0.4) is 0 Å². The quantitative estimate of drug-likeness (QED) is 0.864. The highest BCUT2D eigenvalue weighted by Gasteiger charge is 2.19. The summed E-state index contributed by atoms with van der Waals surface area (Å²) in [4.78, 5) is 0. The lowest BCUT2D eigenvalue weighted by molar-refractivity contribution is 0.247. The van der Waals surface area contributed by atoms with Crippen LogP contribution in [-0.2, 0) is 0 Å². The van der Waals surface area contributed by atoms with E-state index in [-0.39, 0.29) is 5.54 Å². The molecule has 0 atom stereocenters. The van der Waals surface area contributed by atoms with Gasteiger partial charge in [-0.05, 0) is 37.5 Å². The minimum atomic E-state index is -0.0774. The molecule has 0 aromatic heterocycles. The number of benzene rings is 1. The van der Waals surface area contributed by atoms with Gasteiger partial charge in [0.25, 0.3) is 0 Å². The Bertz CT molecular complexity index is 323. The Kier molecular flexibility index (Phi) is 5.29. The molecule has 0 saturated heterocycles. The van der Waals surface area contributed by atoms with Crippen LogP contribution in [0.1, 0.15) is 33.1 Å². The summed E-state index contributed by atoms with van der Waals surface area (Å²) >= 11 is 3.42. The monoisotopic (exact) mass is 285 g/mol. The van der Waals surface area contributed by atoms with Gasteiger partial charge in [0.15, 0.2) is 0 Å². The first-order valence-corrected chi connectivity index (χ1v) is 6.56. The Hall–Kier alpha value is -0.540. The molecule has 0 saturated carbocycles. The molecule has 90 valence electrons. The van der Waals surface area contributed by atoms with Crippen LogP contribution in [0.2, 0.25) is 0 Å². The van der Waals surface area contributed by atoms with E-state index >= 15 is 0 Å². The fourth-order valence-electron chi connectivity index (χ4n) is 1.53. The van der Waals surface area contributed by atoms with E-state index in [1.54, 1.807) is 0 Å². The van der Waals surface area contributed by atoms with Gasteiger partial charge in [-0.15, -0.1) is 0 Å². The number of hydrogen-bond donors (Lipinski definition) is 1. The predicted molar refractivity (Wildman–Crippen MR) is 71.8 cm³/mol. The van der Waals surface area contributed by atoms with Crippen molar-refractivity contribution in [3.63, 3.8) is 0 Å². The predicted octanol–water partition coefficient (Wildman–Crippen LogP) is 3.74. The molecule has 0 heterocycles. The Balaban J connectivity index is 2.41. The van der Waals surface area contributed by atoms with E-state index < -0.39 is 0 Å². The zero-order valence-electron chi connectivity index (χ0n) is 10.0. The summed E-state index contributed by atoms with van der Waals surface area (Å²) in [5.41, 5.74) is 6.12. The third kappa shape index (κ3) is 4.14. The highest BCUT2D eigenvalue weighted by Crippen LogP contribution is 2.20. The summed E-state index contributed by atoms with van der Waals surface area (Å²) in [5.74, 6) is 0.893. The molecule has 0 amide bonds. The van der Waals surface area contributed by atoms with Crippen LogP contribution in [0.5, 0.6) is 5.75 Å². The van der Waals surface area contributed by atoms with Crippen molar-refractivity contribution in [2.75, 3.05) is 6.61 Å². The van der Waals surface area contributed by atoms with Gasteiger partial charge in [-0.1, -0.05) is 35.8 Å². The minimum Gasteiger partial charge on any atom is -0.493 e. The van der Waals surface area contributed by atoms with Gasteiger partial charge in [0.2, 0.25) is 0 Å². The van der Waals surface area contributed by atoms with Crippen LogP contribution in [-0.4, -0.2) is 12.1 Å². The zero-order valence-corrected chi connectivity index (χ0v) is 11.6. The molecule has 0 aliphatic heterocycles. The molecule has 0 radical (unpaired) electrons. The average molecular weight is 286 g/mol. The molecule has 0 unspecified atom stereocenters. The van der Waals surface area contributed by atoms with E-state index in [0.29, 0.717) is 6.61 Å². The number of rotatable bonds is 6. The number of ether oxygens (including phenoxy) is 1. The van der Waals surface area contributed by atoms with Gasteiger partial charge in [-0.25, -0.2) is 0 Å². The van der Waals surface area contributed by atoms with Gasteiger partial charge in [-0.3, -0.25) is 0 Å². The Morgan fingerprint density at radius 3 is 2.56 bits per heavy atom. The molecule has 1 aromatic rings. The maximum absolute atomic E-state index is 6.20. The van der Waals surface area contributed by atoms with Crippen molar-refractivity contribution < 1.29 is 4.74 Å². The highest BCUT2D eigenvalue weighted by atomic mass is 79.9. The zero-order chi connectivity index (χ0) is 12.0. The van der Waals surface area contributed by atoms with Crippen LogP contribution in [0.4, 0.5) is 0 Å². The molecule has 16 heavy (non-hydrogen) atoms. The smallest absolute Gasteiger partial charge is 0.120 e. The van der Waals surface area contributed by atoms with Crippen LogP contribution >= 0.6 is 15.9 Å². The maximum Gasteiger partial charge on any atom is 0.120 e. The summed E-state index contributed by atoms with van der Waals surface area (Å²) in [6.45, 7) is 4.93. The minimum absolute atomic E-state index is 0.0774. The summed E-state index contributed by atoms with van der Waals surface area (Å²) < 4.78 is 6.71. The standard InChI is InChI=1S/C13H20BrNO/c1-3-13(15,4-2)8-9-16-12-7-5-6-11(14)10-12/h5-7,10H,3-4,8-9,15H2,1-2H3. The molecule has 0 spiro atoms. The lowest BCUT2D eigenvalue weighted by Gasteiger charge is -2.26. The SMILES string of the molecule is CCC(N)(CC)CCOc1cccc(Br)c1. The maximum atomic E-state index is 6.20. The molecular formula is C13H20BrNO. The Morgan fingerprint density at radius 2 is 2.00 bits per heavy atom. The van der Waals surface area contributed by atoms with Gasteiger partial charge in [-0.2, -0.15) is 0 Å². The van der Waals surface area contributed by atoms with E-state index in [1.165, 1.54) is 0 Å². The van der Waals surface area contributed by atoms with Crippen molar-refractivity contribution in [3.8, 4) is 5.75 Å². The second-order valence-electron chi connectivity index (χ2n) is 4.13. The topological polar surface area (TPSA) is 35.2 Å². The summed E-state index contributed by atoms with van der Waals surface area (Å²) in [6, 6.07) is 7.88. The average Bonchev–Trinajstić information content (AvgIpc) is 2.29. The highest BCUT2D eigenvalue weighted by molar-refractivity contribution is 9.10. The largest absolute Gasteiger partial charge is 0.493 e. The third-order valence-electron chi connectivity index (χ3n) is 3.07. The van der Waals surface area contributed by atoms with Crippen molar-refractivity contribution in [2.45, 2.75) is 38.6 Å². The van der Waals surface area contributed by atoms with Crippen molar-refractivity contribution >= 4 is 15.9 Å². The van der Waals surface area contributed by atoms with Crippen molar-refractivity contribution in [3.05, 3.63) is 28.7 Å². The number of nitrogens with two attached hydrogens (primary N) is 1. The van der Waals surface area contributed by atoms with E-state index in [9.17, 15) is 0 Å². The van der Waals surface area contributed by atoms with Crippen LogP contribution in [0.25, 0.3) is 0 Å². The van der Waals surface area contributed by atoms with Gasteiger partial charge >= 0.3 is 0 Å². The van der Waals surface area contributed by atoms with E-state index in [2.05, 4.69) is 29.8 Å². The molecule has 0 bridgehead atoms. The molecule has 3 heteroatoms. The second-order valence-corrected chi connectivity index (χ2v) is 5.04. The van der Waals surface area contributed by atoms with Crippen LogP contribution in [0.15, 0.2) is 28.7 Å². The first-order chi connectivity index (χ1) is 7.59. The third-order valence-corrected chi connectivity index (χ3v) is 3.57. The summed E-state index contributed by atoms with van der Waals surface area (Å²) in [5, 5.41) is 0. The van der Waals surface area contributed by atoms with E-state index in [4.69, 9.17) is 10.5 Å². The second kappa shape index (κ2) is 6.26. The van der Waals surface area contributed by atoms with E-state index in [1.807, 2.05) is 24.3 Å². The van der Waals surface area contributed by atoms with Gasteiger partial charge in [0.1, 0.15) is 5.75 Å². The van der Waals surface area contributed by atoms with Gasteiger partial charge < -0.3 is 10.5 Å². The molecule has 0 fully saturated rings. The molecule has 1 aromatic carbocycles. The lowest BCUT2D eigenvalue weighted by atomic mass is 9.91. The number of hydrogen-bond acceptors (Lipinski definition) is 2. The van der Waals surface area contributed by atoms with E-state index in [0.717, 1.165) is 29.5 Å². The molecule has 2 N–H and O–H groups in total. The summed E-state index contributed by atoms with van der Waals surface area (Å²) in [7, 11) is 0. The van der Waals surface area contributed by atoms with Gasteiger partial charge in [0.05, 0.1) is 6.61 Å².